The van der Waals surface area contributed by atoms with E-state index in [4.69, 9.17) is 146 Å². The molecule has 2 N–H and O–H groups in total. The highest BCUT2D eigenvalue weighted by Gasteiger charge is 2.60. The van der Waals surface area contributed by atoms with Crippen LogP contribution in [0.25, 0.3) is 0 Å². The monoisotopic (exact) mass is 1450 g/mol. The summed E-state index contributed by atoms with van der Waals surface area (Å²) >= 11 is 37.2. The van der Waals surface area contributed by atoms with E-state index in [9.17, 15) is 28.8 Å². The van der Waals surface area contributed by atoms with Crippen LogP contribution in [-0.2, 0) is 98.3 Å². The average molecular weight is 1450 g/mol. The summed E-state index contributed by atoms with van der Waals surface area (Å²) in [6.07, 6.45) is -24.4. The third kappa shape index (κ3) is 21.6. The van der Waals surface area contributed by atoms with Crippen molar-refractivity contribution in [2.45, 2.75) is 186 Å². The van der Waals surface area contributed by atoms with Gasteiger partial charge in [0.25, 0.3) is 3.79 Å². The third-order valence-electron chi connectivity index (χ3n) is 15.5. The zero-order valence-corrected chi connectivity index (χ0v) is 58.1. The maximum atomic E-state index is 14.9. The maximum absolute atomic E-state index is 14.9. The summed E-state index contributed by atoms with van der Waals surface area (Å²) in [5, 5.41) is 11.5. The Hall–Kier alpha value is -5.39. The molecule has 15 atom stereocenters. The summed E-state index contributed by atoms with van der Waals surface area (Å²) in [7, 11) is -3.09. The molecular weight excluding hydrogens is 1370 g/mol. The van der Waals surface area contributed by atoms with E-state index in [2.05, 4.69) is 5.32 Å². The Balaban J connectivity index is 1.50. The fourth-order valence-electron chi connectivity index (χ4n) is 10.9. The van der Waals surface area contributed by atoms with Crippen molar-refractivity contribution in [3.8, 4) is 0 Å². The molecule has 0 radical (unpaired) electrons. The predicted octanol–water partition coefficient (Wildman–Crippen LogP) is 11.2. The zero-order chi connectivity index (χ0) is 68.5. The van der Waals surface area contributed by atoms with E-state index >= 15 is 0 Å². The van der Waals surface area contributed by atoms with Gasteiger partial charge >= 0.3 is 35.9 Å². The standard InChI is InChI=1S/C64H76Cl6N2O21Si/c1-9-94(10-2,36(3)4)93-53-50(85-39(7)74)46(34-81-56(76)43-27-19-13-20-28-43)88-60(55(53)89-57(77)44-29-21-14-22-30-44)90-49-45(33-79-31-41-23-15-11-16-24-41)87-58(92-61(71)64(68,69)70)47(72-62(78)82-35-63(65,66)67)51(49)91-59-54(80-32-42-25-17-12-18-26-42)52(86-40(8)75)48(37(5)83-59)84-38(6)73/h11-30,36-37,45-55,58-60,71H,9-10,31-35H2,1-8H3,(H,72,78)/t37-,45+,46+,47+,48+,49+,50-,51+,52+,53-,54-,55+,58?,59-,60-/m0/s1. The molecule has 0 spiro atoms. The van der Waals surface area contributed by atoms with Gasteiger partial charge in [0.2, 0.25) is 16.0 Å². The smallest absolute Gasteiger partial charge is 0.407 e. The van der Waals surface area contributed by atoms with E-state index in [-0.39, 0.29) is 29.9 Å². The third-order valence-corrected chi connectivity index (χ3v) is 21.6. The van der Waals surface area contributed by atoms with E-state index in [1.807, 2.05) is 27.7 Å². The zero-order valence-electron chi connectivity index (χ0n) is 52.6. The number of hydrogen-bond acceptors (Lipinski definition) is 22. The van der Waals surface area contributed by atoms with Crippen LogP contribution in [0.4, 0.5) is 4.79 Å². The molecular formula is C64H76Cl6N2O21Si. The van der Waals surface area contributed by atoms with Crippen molar-refractivity contribution in [2.24, 2.45) is 0 Å². The summed E-state index contributed by atoms with van der Waals surface area (Å²) in [6.45, 7) is 10.5. The first-order valence-corrected chi connectivity index (χ1v) is 34.8. The van der Waals surface area contributed by atoms with Gasteiger partial charge in [0.15, 0.2) is 45.3 Å². The Kier molecular flexibility index (Phi) is 28.5. The Morgan fingerprint density at radius 2 is 1.03 bits per heavy atom. The molecule has 514 valence electrons. The molecule has 4 aromatic carbocycles. The van der Waals surface area contributed by atoms with E-state index in [1.54, 1.807) is 97.1 Å². The molecule has 1 unspecified atom stereocenters. The second-order valence-electron chi connectivity index (χ2n) is 22.5. The number of ether oxygens (including phenoxy) is 14. The fraction of sp³-hybridized carbons (Fsp3) is 0.516. The number of alkyl halides is 6. The molecule has 7 rings (SSSR count). The Bertz CT molecular complexity index is 3120. The van der Waals surface area contributed by atoms with Crippen molar-refractivity contribution in [3.05, 3.63) is 144 Å². The molecule has 1 amide bonds. The number of carbonyl (C=O) groups is 6. The molecule has 3 fully saturated rings. The maximum Gasteiger partial charge on any atom is 0.407 e. The summed E-state index contributed by atoms with van der Waals surface area (Å²) in [4.78, 5) is 82.9. The number of alkyl carbamates (subject to hydrolysis) is 1. The van der Waals surface area contributed by atoms with Crippen molar-refractivity contribution in [1.82, 2.24) is 5.32 Å². The largest absolute Gasteiger partial charge is 0.459 e. The lowest BCUT2D eigenvalue weighted by molar-refractivity contribution is -0.371. The van der Waals surface area contributed by atoms with E-state index < -0.39 is 170 Å². The average Bonchev–Trinajstić information content (AvgIpc) is 0.764. The molecule has 3 aliphatic rings. The number of benzene rings is 4. The molecule has 3 heterocycles. The van der Waals surface area contributed by atoms with Crippen LogP contribution < -0.4 is 5.32 Å². The normalized spacial score (nSPS) is 26.4. The number of amides is 1. The van der Waals surface area contributed by atoms with E-state index in [0.29, 0.717) is 23.2 Å². The summed E-state index contributed by atoms with van der Waals surface area (Å²) in [5.41, 5.74) is 1.37. The molecule has 23 nitrogen and oxygen atoms in total. The first kappa shape index (κ1) is 76.0. The van der Waals surface area contributed by atoms with Crippen LogP contribution in [0.3, 0.4) is 0 Å². The minimum absolute atomic E-state index is 0.0595. The number of esters is 5. The van der Waals surface area contributed by atoms with E-state index in [0.717, 1.165) is 20.8 Å². The molecule has 3 saturated heterocycles. The Morgan fingerprint density at radius 1 is 0.543 bits per heavy atom. The van der Waals surface area contributed by atoms with Crippen LogP contribution in [-0.4, -0.2) is 170 Å². The van der Waals surface area contributed by atoms with Crippen molar-refractivity contribution >= 4 is 120 Å². The van der Waals surface area contributed by atoms with Gasteiger partial charge in [-0.05, 0) is 59.9 Å². The van der Waals surface area contributed by atoms with Crippen LogP contribution in [0, 0.1) is 5.41 Å². The van der Waals surface area contributed by atoms with Gasteiger partial charge in [0.1, 0.15) is 55.9 Å². The van der Waals surface area contributed by atoms with Crippen LogP contribution >= 0.6 is 69.6 Å². The predicted molar refractivity (Wildman–Crippen MR) is 346 cm³/mol. The lowest BCUT2D eigenvalue weighted by atomic mass is 9.94. The van der Waals surface area contributed by atoms with Gasteiger partial charge < -0.3 is 76.1 Å². The van der Waals surface area contributed by atoms with Gasteiger partial charge in [0.05, 0.1) is 37.1 Å². The number of carbonyl (C=O) groups excluding carboxylic acids is 6. The molecule has 3 aliphatic heterocycles. The SMILES string of the molecule is CC[Si](CC)(O[C@H]1[C@@H](OC(C)=O)[C@@H](COC(=O)c2ccccc2)O[C@@H](O[C@H]2[C@H](O[C@@H]3O[C@@H](C)[C@@H](OC(C)=O)[C@@H](OC(C)=O)[C@@H]3OCc3ccccc3)[C@@H](NC(=O)OCC(Cl)(Cl)Cl)C(OC(=N)C(Cl)(Cl)Cl)O[C@@H]2COCc2ccccc2)[C@@H]1OC(=O)c1ccccc1)C(C)C. The van der Waals surface area contributed by atoms with Crippen LogP contribution in [0.1, 0.15) is 87.2 Å². The summed E-state index contributed by atoms with van der Waals surface area (Å²) < 4.78 is 92.5. The number of nitrogens with one attached hydrogen (secondary N) is 2. The minimum Gasteiger partial charge on any atom is -0.459 e. The van der Waals surface area contributed by atoms with Gasteiger partial charge in [-0.3, -0.25) is 19.8 Å². The second-order valence-corrected chi connectivity index (χ2v) is 32.2. The van der Waals surface area contributed by atoms with Gasteiger partial charge in [-0.2, -0.15) is 0 Å². The molecule has 30 heteroatoms. The first-order chi connectivity index (χ1) is 44.6. The minimum atomic E-state index is -3.09. The Morgan fingerprint density at radius 3 is 1.56 bits per heavy atom. The highest BCUT2D eigenvalue weighted by atomic mass is 35.6. The fourth-order valence-corrected chi connectivity index (χ4v) is 14.8. The molecule has 94 heavy (non-hydrogen) atoms. The van der Waals surface area contributed by atoms with Gasteiger partial charge in [0, 0.05) is 20.8 Å². The topological polar surface area (TPSA) is 277 Å². The number of hydrogen-bond donors (Lipinski definition) is 2. The summed E-state index contributed by atoms with van der Waals surface area (Å²) in [5.74, 6) is -5.21. The summed E-state index contributed by atoms with van der Waals surface area (Å²) in [6, 6.07) is 32.7. The second kappa shape index (κ2) is 35.2. The number of rotatable bonds is 27. The van der Waals surface area contributed by atoms with Crippen molar-refractivity contribution in [2.75, 3.05) is 19.8 Å². The highest BCUT2D eigenvalue weighted by molar-refractivity contribution is 6.76. The van der Waals surface area contributed by atoms with Gasteiger partial charge in [-0.1, -0.05) is 194 Å². The molecule has 0 aliphatic carbocycles. The van der Waals surface area contributed by atoms with Gasteiger partial charge in [-0.15, -0.1) is 0 Å². The van der Waals surface area contributed by atoms with Crippen molar-refractivity contribution < 1.29 is 99.5 Å². The van der Waals surface area contributed by atoms with Crippen molar-refractivity contribution in [1.29, 1.82) is 5.41 Å². The molecule has 0 saturated carbocycles. The number of halogens is 6. The van der Waals surface area contributed by atoms with Crippen LogP contribution in [0.15, 0.2) is 121 Å². The lowest BCUT2D eigenvalue weighted by Crippen LogP contribution is -2.71. The first-order valence-electron chi connectivity index (χ1n) is 30.1. The molecule has 4 aromatic rings. The molecule has 0 aromatic heterocycles. The Labute approximate surface area is 575 Å². The van der Waals surface area contributed by atoms with E-state index in [1.165, 1.54) is 31.2 Å². The van der Waals surface area contributed by atoms with Crippen LogP contribution in [0.2, 0.25) is 17.6 Å². The quantitative estimate of drug-likeness (QED) is 0.0140. The highest BCUT2D eigenvalue weighted by Crippen LogP contribution is 2.42. The van der Waals surface area contributed by atoms with Gasteiger partial charge in [-0.25, -0.2) is 14.4 Å². The van der Waals surface area contributed by atoms with Crippen molar-refractivity contribution in [3.63, 3.8) is 0 Å². The van der Waals surface area contributed by atoms with Crippen LogP contribution in [0.5, 0.6) is 0 Å². The molecule has 0 bridgehead atoms. The lowest BCUT2D eigenvalue weighted by Gasteiger charge is -2.52.